The van der Waals surface area contributed by atoms with Crippen molar-refractivity contribution in [3.63, 3.8) is 0 Å². The summed E-state index contributed by atoms with van der Waals surface area (Å²) in [5, 5.41) is 0. The lowest BCUT2D eigenvalue weighted by Crippen LogP contribution is -2.30. The van der Waals surface area contributed by atoms with E-state index in [2.05, 4.69) is 22.9 Å². The minimum atomic E-state index is 0. The van der Waals surface area contributed by atoms with Crippen molar-refractivity contribution in [3.8, 4) is 0 Å². The smallest absolute Gasteiger partial charge is 0.0573 e. The molecule has 0 bridgehead atoms. The van der Waals surface area contributed by atoms with E-state index in [0.717, 1.165) is 24.9 Å². The van der Waals surface area contributed by atoms with Crippen molar-refractivity contribution in [1.29, 1.82) is 0 Å². The molecular formula is C14H23Cl2N3. The normalized spacial score (nSPS) is 26.6. The average Bonchev–Trinajstić information content (AvgIpc) is 3.07. The molecule has 0 amide bonds. The summed E-state index contributed by atoms with van der Waals surface area (Å²) in [6.45, 7) is 5.30. The number of aryl methyl sites for hydroxylation is 1. The first kappa shape index (κ1) is 16.7. The highest BCUT2D eigenvalue weighted by Crippen LogP contribution is 2.41. The van der Waals surface area contributed by atoms with E-state index < -0.39 is 0 Å². The number of nitrogens with two attached hydrogens (primary N) is 1. The van der Waals surface area contributed by atoms with Gasteiger partial charge in [0.1, 0.15) is 0 Å². The summed E-state index contributed by atoms with van der Waals surface area (Å²) >= 11 is 0. The molecule has 2 heterocycles. The van der Waals surface area contributed by atoms with E-state index >= 15 is 0 Å². The minimum absolute atomic E-state index is 0. The molecule has 3 nitrogen and oxygen atoms in total. The highest BCUT2D eigenvalue weighted by Gasteiger charge is 2.40. The van der Waals surface area contributed by atoms with Crippen molar-refractivity contribution < 1.29 is 0 Å². The fourth-order valence-corrected chi connectivity index (χ4v) is 2.99. The van der Waals surface area contributed by atoms with E-state index in [1.54, 1.807) is 0 Å². The van der Waals surface area contributed by atoms with Crippen LogP contribution in [0.2, 0.25) is 0 Å². The van der Waals surface area contributed by atoms with Crippen LogP contribution >= 0.6 is 24.8 Å². The van der Waals surface area contributed by atoms with Gasteiger partial charge in [0.25, 0.3) is 0 Å². The molecule has 0 unspecified atom stereocenters. The molecule has 1 aromatic rings. The second kappa shape index (κ2) is 6.89. The maximum absolute atomic E-state index is 6.24. The Bertz CT molecular complexity index is 409. The fraction of sp³-hybridized carbons (Fsp3) is 0.643. The van der Waals surface area contributed by atoms with Crippen LogP contribution in [0.25, 0.3) is 0 Å². The Kier molecular flexibility index (Phi) is 6.06. The van der Waals surface area contributed by atoms with Crippen molar-refractivity contribution in [1.82, 2.24) is 9.88 Å². The van der Waals surface area contributed by atoms with Gasteiger partial charge in [-0.05, 0) is 43.2 Å². The maximum Gasteiger partial charge on any atom is 0.0573 e. The molecule has 0 aromatic carbocycles. The molecule has 1 saturated heterocycles. The van der Waals surface area contributed by atoms with Crippen molar-refractivity contribution in [3.05, 3.63) is 29.6 Å². The predicted octanol–water partition coefficient (Wildman–Crippen LogP) is 2.40. The van der Waals surface area contributed by atoms with Crippen LogP contribution in [0.1, 0.15) is 24.1 Å². The molecule has 0 spiro atoms. The lowest BCUT2D eigenvalue weighted by Gasteiger charge is -2.16. The molecule has 1 aliphatic carbocycles. The molecule has 1 aromatic heterocycles. The molecule has 3 rings (SSSR count). The summed E-state index contributed by atoms with van der Waals surface area (Å²) in [6, 6.07) is 4.52. The van der Waals surface area contributed by atoms with E-state index in [4.69, 9.17) is 5.73 Å². The number of aromatic nitrogens is 1. The largest absolute Gasteiger partial charge is 0.326 e. The molecule has 108 valence electrons. The second-order valence-electron chi connectivity index (χ2n) is 5.63. The molecule has 2 atom stereocenters. The number of likely N-dealkylation sites (tertiary alicyclic amines) is 1. The van der Waals surface area contributed by atoms with Gasteiger partial charge in [-0.3, -0.25) is 9.88 Å². The molecule has 2 aliphatic rings. The van der Waals surface area contributed by atoms with Crippen LogP contribution in [0, 0.1) is 18.8 Å². The van der Waals surface area contributed by atoms with Gasteiger partial charge in [0.05, 0.1) is 5.69 Å². The fourth-order valence-electron chi connectivity index (χ4n) is 2.99. The van der Waals surface area contributed by atoms with Crippen LogP contribution in [0.15, 0.2) is 18.3 Å². The Labute approximate surface area is 127 Å². The lowest BCUT2D eigenvalue weighted by atomic mass is 9.99. The lowest BCUT2D eigenvalue weighted by molar-refractivity contribution is 0.305. The third-order valence-corrected chi connectivity index (χ3v) is 4.21. The van der Waals surface area contributed by atoms with Crippen molar-refractivity contribution in [2.45, 2.75) is 32.4 Å². The summed E-state index contributed by atoms with van der Waals surface area (Å²) in [5.41, 5.74) is 8.73. The Hall–Kier alpha value is -0.350. The zero-order valence-electron chi connectivity index (χ0n) is 11.3. The summed E-state index contributed by atoms with van der Waals surface area (Å²) in [4.78, 5) is 6.95. The molecule has 19 heavy (non-hydrogen) atoms. The average molecular weight is 304 g/mol. The number of halogens is 2. The van der Waals surface area contributed by atoms with E-state index in [1.165, 1.54) is 30.6 Å². The van der Waals surface area contributed by atoms with Crippen LogP contribution in [-0.4, -0.2) is 29.0 Å². The van der Waals surface area contributed by atoms with Gasteiger partial charge in [-0.2, -0.15) is 0 Å². The van der Waals surface area contributed by atoms with Crippen LogP contribution < -0.4 is 5.73 Å². The first-order chi connectivity index (χ1) is 8.24. The topological polar surface area (TPSA) is 42.2 Å². The molecule has 1 aliphatic heterocycles. The van der Waals surface area contributed by atoms with Crippen LogP contribution in [0.5, 0.6) is 0 Å². The van der Waals surface area contributed by atoms with Crippen LogP contribution in [0.3, 0.4) is 0 Å². The summed E-state index contributed by atoms with van der Waals surface area (Å²) in [7, 11) is 0. The summed E-state index contributed by atoms with van der Waals surface area (Å²) in [5.74, 6) is 1.65. The van der Waals surface area contributed by atoms with Crippen molar-refractivity contribution >= 4 is 24.8 Å². The second-order valence-corrected chi connectivity index (χ2v) is 5.63. The van der Waals surface area contributed by atoms with Crippen molar-refractivity contribution in [2.24, 2.45) is 17.6 Å². The summed E-state index contributed by atoms with van der Waals surface area (Å²) in [6.07, 6.45) is 4.68. The monoisotopic (exact) mass is 303 g/mol. The first-order valence-electron chi connectivity index (χ1n) is 6.62. The van der Waals surface area contributed by atoms with Crippen LogP contribution in [-0.2, 0) is 6.54 Å². The standard InChI is InChI=1S/C14H21N3.2ClH/c1-10-3-2-6-16-14(10)9-17-7-12(11-4-5-11)13(15)8-17;;/h2-3,6,11-13H,4-5,7-9,15H2,1H3;2*1H/t12-,13+;;/m1../s1. The molecule has 0 radical (unpaired) electrons. The predicted molar refractivity (Wildman–Crippen MR) is 82.9 cm³/mol. The highest BCUT2D eigenvalue weighted by molar-refractivity contribution is 5.85. The maximum atomic E-state index is 6.24. The van der Waals surface area contributed by atoms with Gasteiger partial charge >= 0.3 is 0 Å². The molecule has 2 fully saturated rings. The minimum Gasteiger partial charge on any atom is -0.326 e. The molecular weight excluding hydrogens is 281 g/mol. The Morgan fingerprint density at radius 1 is 1.32 bits per heavy atom. The van der Waals surface area contributed by atoms with Gasteiger partial charge < -0.3 is 5.73 Å². The van der Waals surface area contributed by atoms with Gasteiger partial charge in [0, 0.05) is 31.9 Å². The van der Waals surface area contributed by atoms with Gasteiger partial charge in [0.2, 0.25) is 0 Å². The van der Waals surface area contributed by atoms with Crippen LogP contribution in [0.4, 0.5) is 0 Å². The third kappa shape index (κ3) is 3.82. The van der Waals surface area contributed by atoms with Crippen molar-refractivity contribution in [2.75, 3.05) is 13.1 Å². The van der Waals surface area contributed by atoms with E-state index in [9.17, 15) is 0 Å². The van der Waals surface area contributed by atoms with Gasteiger partial charge in [-0.25, -0.2) is 0 Å². The molecule has 5 heteroatoms. The SMILES string of the molecule is Cc1cccnc1CN1C[C@H](C2CC2)[C@@H](N)C1.Cl.Cl. The highest BCUT2D eigenvalue weighted by atomic mass is 35.5. The van der Waals surface area contributed by atoms with E-state index in [-0.39, 0.29) is 24.8 Å². The van der Waals surface area contributed by atoms with Gasteiger partial charge in [-0.1, -0.05) is 6.07 Å². The quantitative estimate of drug-likeness (QED) is 0.932. The Morgan fingerprint density at radius 3 is 2.68 bits per heavy atom. The first-order valence-corrected chi connectivity index (χ1v) is 6.62. The number of hydrogen-bond donors (Lipinski definition) is 1. The van der Waals surface area contributed by atoms with Gasteiger partial charge in [0.15, 0.2) is 0 Å². The Morgan fingerprint density at radius 2 is 2.05 bits per heavy atom. The number of nitrogens with zero attached hydrogens (tertiary/aromatic N) is 2. The molecule has 1 saturated carbocycles. The van der Waals surface area contributed by atoms with E-state index in [1.807, 2.05) is 12.3 Å². The number of pyridine rings is 1. The zero-order chi connectivity index (χ0) is 11.8. The molecule has 2 N–H and O–H groups in total. The zero-order valence-corrected chi connectivity index (χ0v) is 12.9. The Balaban J connectivity index is 0.000000902. The van der Waals surface area contributed by atoms with Gasteiger partial charge in [-0.15, -0.1) is 24.8 Å². The van der Waals surface area contributed by atoms with E-state index in [0.29, 0.717) is 6.04 Å². The number of hydrogen-bond acceptors (Lipinski definition) is 3. The third-order valence-electron chi connectivity index (χ3n) is 4.21. The number of rotatable bonds is 3. The summed E-state index contributed by atoms with van der Waals surface area (Å²) < 4.78 is 0.